The summed E-state index contributed by atoms with van der Waals surface area (Å²) in [5.41, 5.74) is 0.504. The maximum Gasteiger partial charge on any atom is 0.344 e. The quantitative estimate of drug-likeness (QED) is 0.106. The first-order chi connectivity index (χ1) is 16.9. The maximum atomic E-state index is 12.8. The number of nitro groups is 1. The number of rotatable bonds is 5. The fourth-order valence-electron chi connectivity index (χ4n) is 3.81. The van der Waals surface area contributed by atoms with Crippen molar-refractivity contribution in [2.45, 2.75) is 0 Å². The summed E-state index contributed by atoms with van der Waals surface area (Å²) in [7, 11) is 0. The summed E-state index contributed by atoms with van der Waals surface area (Å²) in [6, 6.07) is 22.5. The van der Waals surface area contributed by atoms with E-state index in [1.807, 2.05) is 18.2 Å². The molecule has 0 saturated carbocycles. The normalized spacial score (nSPS) is 12.9. The van der Waals surface area contributed by atoms with E-state index in [0.717, 1.165) is 17.7 Å². The van der Waals surface area contributed by atoms with Gasteiger partial charge in [0.05, 0.1) is 27.8 Å². The Morgan fingerprint density at radius 1 is 0.886 bits per heavy atom. The van der Waals surface area contributed by atoms with E-state index in [9.17, 15) is 24.5 Å². The Hall–Kier alpha value is -5.18. The van der Waals surface area contributed by atoms with Crippen molar-refractivity contribution in [3.63, 3.8) is 0 Å². The fourth-order valence-corrected chi connectivity index (χ4v) is 3.81. The second-order valence-electron chi connectivity index (χ2n) is 7.61. The highest BCUT2D eigenvalue weighted by Crippen LogP contribution is 2.30. The number of hydrogen-bond donors (Lipinski definition) is 0. The third-order valence-corrected chi connectivity index (χ3v) is 5.49. The minimum absolute atomic E-state index is 0.233. The molecule has 0 saturated heterocycles. The van der Waals surface area contributed by atoms with Gasteiger partial charge in [0.2, 0.25) is 5.75 Å². The van der Waals surface area contributed by atoms with Gasteiger partial charge in [-0.25, -0.2) is 4.79 Å². The third-order valence-electron chi connectivity index (χ3n) is 5.49. The molecule has 0 aromatic heterocycles. The number of imide groups is 1. The van der Waals surface area contributed by atoms with Crippen molar-refractivity contribution < 1.29 is 24.0 Å². The number of carbonyl (C=O) groups excluding carboxylic acids is 3. The van der Waals surface area contributed by atoms with E-state index in [1.54, 1.807) is 36.4 Å². The molecule has 4 aromatic carbocycles. The number of hydrazone groups is 1. The molecule has 1 aliphatic rings. The van der Waals surface area contributed by atoms with Gasteiger partial charge in [-0.2, -0.15) is 10.1 Å². The molecule has 0 radical (unpaired) electrons. The van der Waals surface area contributed by atoms with E-state index in [0.29, 0.717) is 10.4 Å². The van der Waals surface area contributed by atoms with Crippen molar-refractivity contribution in [2.24, 2.45) is 5.10 Å². The number of benzene rings is 4. The maximum absolute atomic E-state index is 12.8. The second-order valence-corrected chi connectivity index (χ2v) is 7.61. The number of amides is 2. The lowest BCUT2D eigenvalue weighted by atomic mass is 10.0. The van der Waals surface area contributed by atoms with Crippen molar-refractivity contribution in [1.29, 1.82) is 0 Å². The first-order valence-corrected chi connectivity index (χ1v) is 10.4. The molecule has 1 aliphatic heterocycles. The van der Waals surface area contributed by atoms with Gasteiger partial charge in [-0.15, -0.1) is 0 Å². The molecule has 0 N–H and O–H groups in total. The number of esters is 1. The Balaban J connectivity index is 1.41. The van der Waals surface area contributed by atoms with Crippen LogP contribution in [0.3, 0.4) is 0 Å². The van der Waals surface area contributed by atoms with Crippen LogP contribution in [-0.2, 0) is 0 Å². The average Bonchev–Trinajstić information content (AvgIpc) is 3.12. The van der Waals surface area contributed by atoms with Gasteiger partial charge in [0.15, 0.2) is 0 Å². The molecule has 5 rings (SSSR count). The zero-order valence-corrected chi connectivity index (χ0v) is 18.0. The van der Waals surface area contributed by atoms with Crippen LogP contribution in [0.15, 0.2) is 90.0 Å². The van der Waals surface area contributed by atoms with E-state index in [4.69, 9.17) is 4.74 Å². The fraction of sp³-hybridized carbons (Fsp3) is 0. The molecule has 4 aromatic rings. The van der Waals surface area contributed by atoms with Crippen LogP contribution < -0.4 is 4.74 Å². The number of hydrogen-bond acceptors (Lipinski definition) is 7. The van der Waals surface area contributed by atoms with Gasteiger partial charge in [-0.3, -0.25) is 19.7 Å². The van der Waals surface area contributed by atoms with E-state index in [-0.39, 0.29) is 28.0 Å². The van der Waals surface area contributed by atoms with Crippen molar-refractivity contribution in [3.8, 4) is 5.75 Å². The highest BCUT2D eigenvalue weighted by atomic mass is 16.6. The standard InChI is InChI=1S/C26H15N3O6/c30-24-19-9-3-4-10-20(19)25(31)28(24)27-15-16-12-13-23(22(14-16)29(33)34)35-26(32)21-11-5-7-17-6-1-2-8-18(17)21/h1-15H/b27-15+. The summed E-state index contributed by atoms with van der Waals surface area (Å²) >= 11 is 0. The minimum atomic E-state index is -0.739. The van der Waals surface area contributed by atoms with Gasteiger partial charge in [0.1, 0.15) is 0 Å². The summed E-state index contributed by atoms with van der Waals surface area (Å²) in [6.07, 6.45) is 1.16. The molecule has 0 atom stereocenters. The highest BCUT2D eigenvalue weighted by Gasteiger charge is 2.35. The van der Waals surface area contributed by atoms with Crippen molar-refractivity contribution in [3.05, 3.63) is 117 Å². The molecule has 0 aliphatic carbocycles. The summed E-state index contributed by atoms with van der Waals surface area (Å²) in [5.74, 6) is -2.16. The van der Waals surface area contributed by atoms with Gasteiger partial charge >= 0.3 is 11.7 Å². The van der Waals surface area contributed by atoms with E-state index >= 15 is 0 Å². The number of ether oxygens (including phenoxy) is 1. The van der Waals surface area contributed by atoms with Crippen LogP contribution in [0.2, 0.25) is 0 Å². The minimum Gasteiger partial charge on any atom is -0.416 e. The number of fused-ring (bicyclic) bond motifs is 2. The lowest BCUT2D eigenvalue weighted by molar-refractivity contribution is -0.385. The first kappa shape index (κ1) is 21.7. The summed E-state index contributed by atoms with van der Waals surface area (Å²) < 4.78 is 5.37. The van der Waals surface area contributed by atoms with E-state index in [1.165, 1.54) is 24.3 Å². The molecule has 0 bridgehead atoms. The predicted octanol–water partition coefficient (Wildman–Crippen LogP) is 4.60. The van der Waals surface area contributed by atoms with E-state index in [2.05, 4.69) is 5.10 Å². The number of nitrogens with zero attached hydrogens (tertiary/aromatic N) is 3. The van der Waals surface area contributed by atoms with Crippen molar-refractivity contribution >= 4 is 40.5 Å². The van der Waals surface area contributed by atoms with Gasteiger partial charge in [-0.05, 0) is 41.1 Å². The van der Waals surface area contributed by atoms with Gasteiger partial charge < -0.3 is 4.74 Å². The molecule has 0 fully saturated rings. The molecule has 1 heterocycles. The van der Waals surface area contributed by atoms with Crippen LogP contribution in [0, 0.1) is 10.1 Å². The smallest absolute Gasteiger partial charge is 0.344 e. The molecule has 0 unspecified atom stereocenters. The molecule has 35 heavy (non-hydrogen) atoms. The Kier molecular flexibility index (Phi) is 5.34. The van der Waals surface area contributed by atoms with Gasteiger partial charge in [-0.1, -0.05) is 48.5 Å². The Labute approximate surface area is 198 Å². The lowest BCUT2D eigenvalue weighted by Gasteiger charge is -2.08. The van der Waals surface area contributed by atoms with Crippen LogP contribution in [0.25, 0.3) is 10.8 Å². The summed E-state index contributed by atoms with van der Waals surface area (Å²) in [4.78, 5) is 48.7. The van der Waals surface area contributed by atoms with Crippen LogP contribution in [0.4, 0.5) is 5.69 Å². The van der Waals surface area contributed by atoms with Gasteiger partial charge in [0, 0.05) is 11.6 Å². The highest BCUT2D eigenvalue weighted by molar-refractivity contribution is 6.21. The van der Waals surface area contributed by atoms with E-state index < -0.39 is 28.4 Å². The first-order valence-electron chi connectivity index (χ1n) is 10.4. The van der Waals surface area contributed by atoms with Crippen LogP contribution >= 0.6 is 0 Å². The zero-order valence-electron chi connectivity index (χ0n) is 18.0. The topological polar surface area (TPSA) is 119 Å². The third kappa shape index (κ3) is 3.91. The average molecular weight is 465 g/mol. The van der Waals surface area contributed by atoms with Crippen molar-refractivity contribution in [2.75, 3.05) is 0 Å². The SMILES string of the molecule is O=C(Oc1ccc(/C=N/N2C(=O)c3ccccc3C2=O)cc1[N+](=O)[O-])c1cccc2ccccc12. The Bertz CT molecular complexity index is 1540. The number of nitro benzene ring substituents is 1. The van der Waals surface area contributed by atoms with Crippen LogP contribution in [0.1, 0.15) is 36.6 Å². The molecule has 0 spiro atoms. The monoisotopic (exact) mass is 465 g/mol. The van der Waals surface area contributed by atoms with Crippen LogP contribution in [-0.4, -0.2) is 33.9 Å². The largest absolute Gasteiger partial charge is 0.416 e. The number of carbonyl (C=O) groups is 3. The lowest BCUT2D eigenvalue weighted by Crippen LogP contribution is -2.24. The molecule has 2 amide bonds. The predicted molar refractivity (Wildman–Crippen MR) is 127 cm³/mol. The zero-order chi connectivity index (χ0) is 24.5. The second kappa shape index (κ2) is 8.64. The summed E-state index contributed by atoms with van der Waals surface area (Å²) in [5, 5.41) is 17.8. The Morgan fingerprint density at radius 3 is 2.26 bits per heavy atom. The van der Waals surface area contributed by atoms with Crippen molar-refractivity contribution in [1.82, 2.24) is 5.01 Å². The molecule has 170 valence electrons. The molecular weight excluding hydrogens is 450 g/mol. The van der Waals surface area contributed by atoms with Gasteiger partial charge in [0.25, 0.3) is 11.8 Å². The Morgan fingerprint density at radius 2 is 1.54 bits per heavy atom. The van der Waals surface area contributed by atoms with Crippen LogP contribution in [0.5, 0.6) is 5.75 Å². The summed E-state index contributed by atoms with van der Waals surface area (Å²) in [6.45, 7) is 0. The molecular formula is C26H15N3O6. The molecule has 9 heteroatoms. The molecule has 9 nitrogen and oxygen atoms in total.